The predicted molar refractivity (Wildman–Crippen MR) is 78.1 cm³/mol. The van der Waals surface area contributed by atoms with Crippen molar-refractivity contribution in [1.82, 2.24) is 5.32 Å². The molecule has 1 aromatic carbocycles. The zero-order valence-corrected chi connectivity index (χ0v) is 12.3. The summed E-state index contributed by atoms with van der Waals surface area (Å²) in [5.74, 6) is 0.594. The zero-order chi connectivity index (χ0) is 14.6. The third kappa shape index (κ3) is 3.40. The number of hydrogen-bond donors (Lipinski definition) is 2. The van der Waals surface area contributed by atoms with Gasteiger partial charge in [-0.15, -0.1) is 0 Å². The zero-order valence-electron chi connectivity index (χ0n) is 11.5. The fraction of sp³-hybridized carbons (Fsp3) is 0.286. The van der Waals surface area contributed by atoms with Crippen molar-refractivity contribution >= 4 is 15.7 Å². The summed E-state index contributed by atoms with van der Waals surface area (Å²) in [6, 6.07) is 10.3. The second-order valence-corrected chi connectivity index (χ2v) is 6.03. The van der Waals surface area contributed by atoms with Gasteiger partial charge in [-0.25, -0.2) is 0 Å². The van der Waals surface area contributed by atoms with Gasteiger partial charge in [-0.3, -0.25) is 4.72 Å². The molecule has 0 bridgehead atoms. The molecular formula is C14H18N2O3S. The lowest BCUT2D eigenvalue weighted by Gasteiger charge is -2.08. The van der Waals surface area contributed by atoms with Crippen molar-refractivity contribution in [1.29, 1.82) is 0 Å². The van der Waals surface area contributed by atoms with Crippen molar-refractivity contribution in [3.05, 3.63) is 47.7 Å². The van der Waals surface area contributed by atoms with E-state index in [1.807, 2.05) is 26.0 Å². The van der Waals surface area contributed by atoms with Gasteiger partial charge in [0.05, 0.1) is 12.2 Å². The van der Waals surface area contributed by atoms with Gasteiger partial charge in [0.2, 0.25) is 5.09 Å². The van der Waals surface area contributed by atoms with E-state index in [-0.39, 0.29) is 5.09 Å². The van der Waals surface area contributed by atoms with Gasteiger partial charge in [0.1, 0.15) is 5.76 Å². The SMILES string of the molecule is CCNCc1ccc(S(=O)(=O)Nc2ccccc2C)o1. The number of nitrogens with one attached hydrogen (secondary N) is 2. The van der Waals surface area contributed by atoms with Crippen molar-refractivity contribution in [3.8, 4) is 0 Å². The first-order valence-electron chi connectivity index (χ1n) is 6.41. The van der Waals surface area contributed by atoms with Crippen LogP contribution in [0.25, 0.3) is 0 Å². The Morgan fingerprint density at radius 3 is 2.60 bits per heavy atom. The Hall–Kier alpha value is -1.79. The molecule has 0 amide bonds. The maximum Gasteiger partial charge on any atom is 0.295 e. The van der Waals surface area contributed by atoms with Gasteiger partial charge >= 0.3 is 0 Å². The molecule has 0 aliphatic carbocycles. The Kier molecular flexibility index (Phi) is 4.46. The summed E-state index contributed by atoms with van der Waals surface area (Å²) in [4.78, 5) is 0. The van der Waals surface area contributed by atoms with Crippen LogP contribution >= 0.6 is 0 Å². The average molecular weight is 294 g/mol. The Bertz CT molecular complexity index is 677. The van der Waals surface area contributed by atoms with E-state index in [1.54, 1.807) is 18.2 Å². The molecule has 0 aliphatic heterocycles. The molecule has 6 heteroatoms. The van der Waals surface area contributed by atoms with Crippen LogP contribution in [0.5, 0.6) is 0 Å². The first-order valence-corrected chi connectivity index (χ1v) is 7.89. The van der Waals surface area contributed by atoms with Gasteiger partial charge in [-0.1, -0.05) is 25.1 Å². The number of aryl methyl sites for hydroxylation is 1. The van der Waals surface area contributed by atoms with Crippen molar-refractivity contribution < 1.29 is 12.8 Å². The van der Waals surface area contributed by atoms with Crippen molar-refractivity contribution in [2.24, 2.45) is 0 Å². The van der Waals surface area contributed by atoms with Gasteiger partial charge < -0.3 is 9.73 Å². The first-order chi connectivity index (χ1) is 9.53. The highest BCUT2D eigenvalue weighted by molar-refractivity contribution is 7.92. The summed E-state index contributed by atoms with van der Waals surface area (Å²) in [5, 5.41) is 3.00. The summed E-state index contributed by atoms with van der Waals surface area (Å²) >= 11 is 0. The molecule has 0 fully saturated rings. The molecule has 20 heavy (non-hydrogen) atoms. The molecule has 0 radical (unpaired) electrons. The highest BCUT2D eigenvalue weighted by Gasteiger charge is 2.19. The third-order valence-corrected chi connectivity index (χ3v) is 4.08. The molecular weight excluding hydrogens is 276 g/mol. The number of para-hydroxylation sites is 1. The van der Waals surface area contributed by atoms with Crippen LogP contribution < -0.4 is 10.0 Å². The summed E-state index contributed by atoms with van der Waals surface area (Å²) in [7, 11) is -3.68. The van der Waals surface area contributed by atoms with Crippen LogP contribution in [0.1, 0.15) is 18.2 Å². The Balaban J connectivity index is 2.18. The fourth-order valence-corrected chi connectivity index (χ4v) is 2.81. The molecule has 5 nitrogen and oxygen atoms in total. The normalized spacial score (nSPS) is 11.5. The van der Waals surface area contributed by atoms with Crippen LogP contribution in [-0.2, 0) is 16.6 Å². The molecule has 0 saturated heterocycles. The van der Waals surface area contributed by atoms with E-state index in [1.165, 1.54) is 6.07 Å². The predicted octanol–water partition coefficient (Wildman–Crippen LogP) is 2.50. The lowest BCUT2D eigenvalue weighted by molar-refractivity contribution is 0.405. The van der Waals surface area contributed by atoms with Crippen molar-refractivity contribution in [2.75, 3.05) is 11.3 Å². The van der Waals surface area contributed by atoms with E-state index in [4.69, 9.17) is 4.42 Å². The topological polar surface area (TPSA) is 71.3 Å². The Labute approximate surface area is 119 Å². The Morgan fingerprint density at radius 1 is 1.15 bits per heavy atom. The van der Waals surface area contributed by atoms with Crippen LogP contribution in [0.4, 0.5) is 5.69 Å². The minimum Gasteiger partial charge on any atom is -0.446 e. The van der Waals surface area contributed by atoms with Crippen molar-refractivity contribution in [2.45, 2.75) is 25.5 Å². The molecule has 1 heterocycles. The average Bonchev–Trinajstić information content (AvgIpc) is 2.88. The summed E-state index contributed by atoms with van der Waals surface area (Å²) in [6.07, 6.45) is 0. The number of benzene rings is 1. The highest BCUT2D eigenvalue weighted by atomic mass is 32.2. The van der Waals surface area contributed by atoms with E-state index in [9.17, 15) is 8.42 Å². The molecule has 2 rings (SSSR count). The molecule has 0 unspecified atom stereocenters. The van der Waals surface area contributed by atoms with Gasteiger partial charge in [-0.2, -0.15) is 8.42 Å². The minimum absolute atomic E-state index is 0.0753. The monoisotopic (exact) mass is 294 g/mol. The molecule has 0 spiro atoms. The fourth-order valence-electron chi connectivity index (χ4n) is 1.73. The van der Waals surface area contributed by atoms with E-state index in [0.29, 0.717) is 18.0 Å². The standard InChI is InChI=1S/C14H18N2O3S/c1-3-15-10-12-8-9-14(19-12)20(17,18)16-13-7-5-4-6-11(13)2/h4-9,15-16H,3,10H2,1-2H3. The van der Waals surface area contributed by atoms with Crippen LogP contribution in [0.2, 0.25) is 0 Å². The molecule has 0 atom stereocenters. The minimum atomic E-state index is -3.68. The van der Waals surface area contributed by atoms with E-state index < -0.39 is 10.0 Å². The maximum absolute atomic E-state index is 12.2. The van der Waals surface area contributed by atoms with Gasteiger partial charge in [-0.05, 0) is 37.2 Å². The number of furan rings is 1. The molecule has 0 saturated carbocycles. The second-order valence-electron chi connectivity index (χ2n) is 4.42. The highest BCUT2D eigenvalue weighted by Crippen LogP contribution is 2.20. The number of rotatable bonds is 6. The first kappa shape index (κ1) is 14.6. The van der Waals surface area contributed by atoms with Crippen LogP contribution in [0.15, 0.2) is 45.9 Å². The maximum atomic E-state index is 12.2. The van der Waals surface area contributed by atoms with Gasteiger partial charge in [0, 0.05) is 0 Å². The van der Waals surface area contributed by atoms with Crippen LogP contribution in [-0.4, -0.2) is 15.0 Å². The smallest absolute Gasteiger partial charge is 0.295 e. The molecule has 1 aromatic heterocycles. The molecule has 0 aliphatic rings. The van der Waals surface area contributed by atoms with Gasteiger partial charge in [0.15, 0.2) is 0 Å². The van der Waals surface area contributed by atoms with Crippen molar-refractivity contribution in [3.63, 3.8) is 0 Å². The largest absolute Gasteiger partial charge is 0.446 e. The van der Waals surface area contributed by atoms with E-state index in [0.717, 1.165) is 12.1 Å². The lowest BCUT2D eigenvalue weighted by atomic mass is 10.2. The van der Waals surface area contributed by atoms with E-state index in [2.05, 4.69) is 10.0 Å². The van der Waals surface area contributed by atoms with E-state index >= 15 is 0 Å². The number of sulfonamides is 1. The molecule has 108 valence electrons. The molecule has 2 N–H and O–H groups in total. The quantitative estimate of drug-likeness (QED) is 0.858. The number of anilines is 1. The van der Waals surface area contributed by atoms with Crippen LogP contribution in [0, 0.1) is 6.92 Å². The summed E-state index contributed by atoms with van der Waals surface area (Å²) in [6.45, 7) is 5.12. The summed E-state index contributed by atoms with van der Waals surface area (Å²) in [5.41, 5.74) is 1.41. The van der Waals surface area contributed by atoms with Gasteiger partial charge in [0.25, 0.3) is 10.0 Å². The third-order valence-electron chi connectivity index (χ3n) is 2.84. The summed E-state index contributed by atoms with van der Waals surface area (Å²) < 4.78 is 32.3. The van der Waals surface area contributed by atoms with Crippen LogP contribution in [0.3, 0.4) is 0 Å². The number of hydrogen-bond acceptors (Lipinski definition) is 4. The molecule has 2 aromatic rings. The second kappa shape index (κ2) is 6.11. The Morgan fingerprint density at radius 2 is 1.90 bits per heavy atom. The lowest BCUT2D eigenvalue weighted by Crippen LogP contribution is -2.13.